The molecule has 5 bridgehead atoms. The first-order valence-corrected chi connectivity index (χ1v) is 12.6. The Bertz CT molecular complexity index is 1340. The molecule has 0 spiro atoms. The van der Waals surface area contributed by atoms with E-state index in [2.05, 4.69) is 32.6 Å². The zero-order valence-corrected chi connectivity index (χ0v) is 20.4. The number of ether oxygens (including phenoxy) is 1. The van der Waals surface area contributed by atoms with Crippen molar-refractivity contribution in [3.63, 3.8) is 0 Å². The van der Waals surface area contributed by atoms with Crippen molar-refractivity contribution in [3.8, 4) is 17.0 Å². The number of imidazole rings is 1. The summed E-state index contributed by atoms with van der Waals surface area (Å²) in [5.74, 6) is 3.26. The molecule has 6 heterocycles. The highest BCUT2D eigenvalue weighted by Crippen LogP contribution is 2.31. The van der Waals surface area contributed by atoms with Crippen LogP contribution in [0.3, 0.4) is 0 Å². The van der Waals surface area contributed by atoms with Gasteiger partial charge in [-0.3, -0.25) is 9.58 Å². The molecule has 2 aliphatic rings. The van der Waals surface area contributed by atoms with Crippen LogP contribution in [0.4, 0.5) is 11.6 Å². The SMILES string of the molecule is Cc1cc2nc(n1)CCCCCN1CCC[C@@H]1COc1cnn(C)c1-c1ccc3nc(cn3c1)N2. The van der Waals surface area contributed by atoms with Gasteiger partial charge in [0.15, 0.2) is 11.6 Å². The van der Waals surface area contributed by atoms with Gasteiger partial charge in [0.25, 0.3) is 0 Å². The second-order valence-electron chi connectivity index (χ2n) is 9.68. The second kappa shape index (κ2) is 9.30. The van der Waals surface area contributed by atoms with E-state index >= 15 is 0 Å². The fourth-order valence-electron chi connectivity index (χ4n) is 5.32. The Morgan fingerprint density at radius 1 is 1.00 bits per heavy atom. The van der Waals surface area contributed by atoms with E-state index in [1.54, 1.807) is 0 Å². The Kier molecular flexibility index (Phi) is 5.85. The van der Waals surface area contributed by atoms with Crippen LogP contribution < -0.4 is 10.1 Å². The maximum atomic E-state index is 6.38. The molecule has 9 nitrogen and oxygen atoms in total. The fraction of sp³-hybridized carbons (Fsp3) is 0.462. The van der Waals surface area contributed by atoms with Gasteiger partial charge in [-0.25, -0.2) is 15.0 Å². The first-order valence-electron chi connectivity index (χ1n) is 12.6. The second-order valence-corrected chi connectivity index (χ2v) is 9.68. The molecule has 0 radical (unpaired) electrons. The molecule has 1 atom stereocenters. The molecule has 4 aromatic rings. The number of pyridine rings is 1. The maximum absolute atomic E-state index is 6.38. The molecule has 0 unspecified atom stereocenters. The molecule has 1 saturated heterocycles. The van der Waals surface area contributed by atoms with E-state index in [-0.39, 0.29) is 0 Å². The molecular weight excluding hydrogens is 440 g/mol. The summed E-state index contributed by atoms with van der Waals surface area (Å²) < 4.78 is 10.3. The number of rotatable bonds is 0. The molecular formula is C26H32N8O. The molecule has 35 heavy (non-hydrogen) atoms. The maximum Gasteiger partial charge on any atom is 0.165 e. The molecule has 0 aromatic carbocycles. The van der Waals surface area contributed by atoms with E-state index in [4.69, 9.17) is 14.7 Å². The molecule has 4 aromatic heterocycles. The topological polar surface area (TPSA) is 85.4 Å². The van der Waals surface area contributed by atoms with Gasteiger partial charge < -0.3 is 14.5 Å². The predicted molar refractivity (Wildman–Crippen MR) is 135 cm³/mol. The summed E-state index contributed by atoms with van der Waals surface area (Å²) in [6.45, 7) is 4.99. The van der Waals surface area contributed by atoms with Gasteiger partial charge in [0.1, 0.15) is 29.6 Å². The van der Waals surface area contributed by atoms with Crippen molar-refractivity contribution in [3.05, 3.63) is 48.3 Å². The van der Waals surface area contributed by atoms with Gasteiger partial charge in [-0.15, -0.1) is 0 Å². The van der Waals surface area contributed by atoms with Gasteiger partial charge in [0, 0.05) is 43.0 Å². The highest BCUT2D eigenvalue weighted by atomic mass is 16.5. The standard InChI is InChI=1S/C26H32N8O/c1-18-13-23-29-22(28-18)8-4-3-5-11-33-12-6-7-20(33)17-35-21-14-27-32(2)26(21)19-9-10-25-31-24(30-23)16-34(25)15-19/h9-10,13-16,20H,3-8,11-12,17H2,1-2H3,(H,28,29,30)/t20-/m1/s1. The van der Waals surface area contributed by atoms with Crippen LogP contribution in [0.15, 0.2) is 36.8 Å². The number of hydrogen-bond acceptors (Lipinski definition) is 7. The summed E-state index contributed by atoms with van der Waals surface area (Å²) in [4.78, 5) is 16.8. The Morgan fingerprint density at radius 3 is 2.86 bits per heavy atom. The smallest absolute Gasteiger partial charge is 0.165 e. The van der Waals surface area contributed by atoms with Gasteiger partial charge in [-0.05, 0) is 57.8 Å². The minimum absolute atomic E-state index is 0.459. The van der Waals surface area contributed by atoms with Crippen LogP contribution >= 0.6 is 0 Å². The Morgan fingerprint density at radius 2 is 1.91 bits per heavy atom. The lowest BCUT2D eigenvalue weighted by molar-refractivity contribution is 0.171. The first kappa shape index (κ1) is 22.0. The van der Waals surface area contributed by atoms with Crippen LogP contribution in [-0.4, -0.2) is 59.8 Å². The van der Waals surface area contributed by atoms with E-state index in [9.17, 15) is 0 Å². The average Bonchev–Trinajstić information content (AvgIpc) is 3.54. The predicted octanol–water partition coefficient (Wildman–Crippen LogP) is 4.15. The highest BCUT2D eigenvalue weighted by Gasteiger charge is 2.25. The van der Waals surface area contributed by atoms with Crippen molar-refractivity contribution < 1.29 is 4.74 Å². The molecule has 2 aliphatic heterocycles. The minimum Gasteiger partial charge on any atom is -0.488 e. The summed E-state index contributed by atoms with van der Waals surface area (Å²) in [7, 11) is 1.96. The number of aryl methyl sites for hydroxylation is 3. The van der Waals surface area contributed by atoms with Gasteiger partial charge in [0.05, 0.1) is 12.4 Å². The van der Waals surface area contributed by atoms with Crippen LogP contribution in [0.5, 0.6) is 5.75 Å². The van der Waals surface area contributed by atoms with Crippen molar-refractivity contribution in [2.45, 2.75) is 51.5 Å². The Labute approximate surface area is 205 Å². The summed E-state index contributed by atoms with van der Waals surface area (Å²) in [6, 6.07) is 6.53. The zero-order chi connectivity index (χ0) is 23.8. The number of nitrogens with zero attached hydrogens (tertiary/aromatic N) is 7. The van der Waals surface area contributed by atoms with Crippen molar-refractivity contribution >= 4 is 17.3 Å². The number of hydrogen-bond donors (Lipinski definition) is 1. The minimum atomic E-state index is 0.459. The van der Waals surface area contributed by atoms with Crippen molar-refractivity contribution in [2.75, 3.05) is 25.0 Å². The third kappa shape index (κ3) is 4.60. The lowest BCUT2D eigenvalue weighted by Crippen LogP contribution is -2.35. The highest BCUT2D eigenvalue weighted by molar-refractivity contribution is 5.68. The number of anilines is 2. The van der Waals surface area contributed by atoms with Crippen LogP contribution in [0.2, 0.25) is 0 Å². The lowest BCUT2D eigenvalue weighted by atomic mass is 10.1. The Balaban J connectivity index is 1.36. The van der Waals surface area contributed by atoms with Crippen molar-refractivity contribution in [1.82, 2.24) is 34.0 Å². The molecule has 0 aliphatic carbocycles. The summed E-state index contributed by atoms with van der Waals surface area (Å²) in [6.07, 6.45) is 12.7. The molecule has 6 rings (SSSR count). The van der Waals surface area contributed by atoms with Crippen LogP contribution in [0.25, 0.3) is 16.9 Å². The number of fused-ring (bicyclic) bond motifs is 7. The van der Waals surface area contributed by atoms with Crippen LogP contribution in [-0.2, 0) is 13.5 Å². The van der Waals surface area contributed by atoms with Gasteiger partial charge in [-0.2, -0.15) is 5.10 Å². The van der Waals surface area contributed by atoms with Gasteiger partial charge in [0.2, 0.25) is 0 Å². The van der Waals surface area contributed by atoms with Gasteiger partial charge in [-0.1, -0.05) is 6.42 Å². The van der Waals surface area contributed by atoms with E-state index in [0.29, 0.717) is 12.6 Å². The van der Waals surface area contributed by atoms with Crippen molar-refractivity contribution in [1.29, 1.82) is 0 Å². The third-order valence-electron chi connectivity index (χ3n) is 7.06. The largest absolute Gasteiger partial charge is 0.488 e. The molecule has 0 amide bonds. The Hall–Kier alpha value is -3.46. The van der Waals surface area contributed by atoms with Crippen LogP contribution in [0.1, 0.15) is 43.6 Å². The van der Waals surface area contributed by atoms with E-state index in [1.807, 2.05) is 47.6 Å². The molecule has 0 saturated carbocycles. The van der Waals surface area contributed by atoms with Crippen LogP contribution in [0, 0.1) is 6.92 Å². The molecule has 1 fully saturated rings. The molecule has 182 valence electrons. The summed E-state index contributed by atoms with van der Waals surface area (Å²) >= 11 is 0. The number of aromatic nitrogens is 6. The lowest BCUT2D eigenvalue weighted by Gasteiger charge is -2.24. The summed E-state index contributed by atoms with van der Waals surface area (Å²) in [5.41, 5.74) is 3.84. The quantitative estimate of drug-likeness (QED) is 0.412. The molecule has 9 heteroatoms. The third-order valence-corrected chi connectivity index (χ3v) is 7.06. The first-order chi connectivity index (χ1) is 17.1. The monoisotopic (exact) mass is 472 g/mol. The normalized spacial score (nSPS) is 19.3. The average molecular weight is 473 g/mol. The van der Waals surface area contributed by atoms with Crippen molar-refractivity contribution in [2.24, 2.45) is 7.05 Å². The zero-order valence-electron chi connectivity index (χ0n) is 20.4. The van der Waals surface area contributed by atoms with E-state index < -0.39 is 0 Å². The van der Waals surface area contributed by atoms with E-state index in [0.717, 1.165) is 71.7 Å². The summed E-state index contributed by atoms with van der Waals surface area (Å²) in [5, 5.41) is 7.88. The fourth-order valence-corrected chi connectivity index (χ4v) is 5.32. The van der Waals surface area contributed by atoms with Gasteiger partial charge >= 0.3 is 0 Å². The molecule has 1 N–H and O–H groups in total. The van der Waals surface area contributed by atoms with E-state index in [1.165, 1.54) is 25.7 Å². The number of nitrogens with one attached hydrogen (secondary N) is 1.